The van der Waals surface area contributed by atoms with Crippen molar-refractivity contribution in [2.75, 3.05) is 6.54 Å². The Balaban J connectivity index is 2.76. The third-order valence-electron chi connectivity index (χ3n) is 3.50. The molecule has 1 unspecified atom stereocenters. The lowest BCUT2D eigenvalue weighted by Gasteiger charge is -2.32. The van der Waals surface area contributed by atoms with E-state index in [9.17, 15) is 9.90 Å². The van der Waals surface area contributed by atoms with Crippen molar-refractivity contribution in [1.29, 1.82) is 0 Å². The number of nitrogens with one attached hydrogen (secondary N) is 1. The Labute approximate surface area is 108 Å². The minimum atomic E-state index is -1.14. The lowest BCUT2D eigenvalue weighted by molar-refractivity contribution is -0.131. The largest absolute Gasteiger partial charge is 0.378 e. The fraction of sp³-hybridized carbons (Fsp3) is 0.500. The maximum Gasteiger partial charge on any atom is 0.253 e. The molecule has 100 valence electrons. The normalized spacial score (nSPS) is 13.1. The summed E-state index contributed by atoms with van der Waals surface area (Å²) in [5.74, 6) is -0.393. The van der Waals surface area contributed by atoms with Crippen LogP contribution in [0.15, 0.2) is 30.3 Å². The van der Waals surface area contributed by atoms with E-state index in [2.05, 4.69) is 5.32 Å². The molecule has 0 heterocycles. The molecule has 1 aromatic rings. The Kier molecular flexibility index (Phi) is 5.31. The maximum absolute atomic E-state index is 12.0. The van der Waals surface area contributed by atoms with Gasteiger partial charge in [0.1, 0.15) is 0 Å². The van der Waals surface area contributed by atoms with Crippen LogP contribution in [0.4, 0.5) is 0 Å². The minimum Gasteiger partial charge on any atom is -0.378 e. The van der Waals surface area contributed by atoms with Crippen molar-refractivity contribution in [3.05, 3.63) is 35.9 Å². The summed E-state index contributed by atoms with van der Waals surface area (Å²) in [7, 11) is 0. The van der Waals surface area contributed by atoms with Gasteiger partial charge in [-0.25, -0.2) is 0 Å². The van der Waals surface area contributed by atoms with Gasteiger partial charge in [-0.15, -0.1) is 0 Å². The van der Waals surface area contributed by atoms with Crippen molar-refractivity contribution >= 4 is 5.91 Å². The van der Waals surface area contributed by atoms with Crippen LogP contribution in [0.25, 0.3) is 0 Å². The van der Waals surface area contributed by atoms with Gasteiger partial charge in [0.05, 0.1) is 5.54 Å². The average Bonchev–Trinajstić information content (AvgIpc) is 2.45. The van der Waals surface area contributed by atoms with Crippen LogP contribution in [0.1, 0.15) is 38.4 Å². The number of aliphatic hydroxyl groups excluding tert-OH is 1. The third kappa shape index (κ3) is 3.31. The maximum atomic E-state index is 12.0. The van der Waals surface area contributed by atoms with Crippen molar-refractivity contribution in [3.8, 4) is 0 Å². The molecule has 0 radical (unpaired) electrons. The predicted molar refractivity (Wildman–Crippen MR) is 71.9 cm³/mol. The summed E-state index contributed by atoms with van der Waals surface area (Å²) < 4.78 is 0. The van der Waals surface area contributed by atoms with Crippen LogP contribution in [0.5, 0.6) is 0 Å². The summed E-state index contributed by atoms with van der Waals surface area (Å²) in [6.07, 6.45) is 0.343. The molecule has 1 aromatic carbocycles. The van der Waals surface area contributed by atoms with Gasteiger partial charge >= 0.3 is 0 Å². The summed E-state index contributed by atoms with van der Waals surface area (Å²) in [4.78, 5) is 12.0. The number of carbonyl (C=O) groups excluding carboxylic acids is 1. The highest BCUT2D eigenvalue weighted by molar-refractivity contribution is 5.82. The molecule has 0 saturated carbocycles. The SMILES string of the molecule is CCC(CC)(CN)NC(=O)C(O)c1ccccc1. The van der Waals surface area contributed by atoms with Crippen LogP contribution < -0.4 is 11.1 Å². The molecule has 1 amide bonds. The average molecular weight is 250 g/mol. The first-order valence-electron chi connectivity index (χ1n) is 6.33. The van der Waals surface area contributed by atoms with E-state index in [0.717, 1.165) is 12.8 Å². The lowest BCUT2D eigenvalue weighted by Crippen LogP contribution is -2.54. The summed E-state index contributed by atoms with van der Waals surface area (Å²) >= 11 is 0. The van der Waals surface area contributed by atoms with E-state index in [4.69, 9.17) is 5.73 Å². The Bertz CT molecular complexity index is 366. The van der Waals surface area contributed by atoms with Crippen molar-refractivity contribution in [1.82, 2.24) is 5.32 Å². The van der Waals surface area contributed by atoms with Crippen LogP contribution in [-0.2, 0) is 4.79 Å². The first-order valence-corrected chi connectivity index (χ1v) is 6.33. The van der Waals surface area contributed by atoms with Gasteiger partial charge in [0, 0.05) is 6.54 Å². The van der Waals surface area contributed by atoms with Crippen LogP contribution in [-0.4, -0.2) is 23.1 Å². The van der Waals surface area contributed by atoms with Crippen molar-refractivity contribution in [2.45, 2.75) is 38.3 Å². The zero-order chi connectivity index (χ0) is 13.6. The fourth-order valence-corrected chi connectivity index (χ4v) is 1.88. The highest BCUT2D eigenvalue weighted by Crippen LogP contribution is 2.17. The number of aliphatic hydroxyl groups is 1. The van der Waals surface area contributed by atoms with Crippen LogP contribution in [0, 0.1) is 0 Å². The molecule has 1 atom stereocenters. The standard InChI is InChI=1S/C14H22N2O2/c1-3-14(4-2,10-15)16-13(18)12(17)11-8-6-5-7-9-11/h5-9,12,17H,3-4,10,15H2,1-2H3,(H,16,18). The molecule has 0 aromatic heterocycles. The molecule has 0 aliphatic rings. The molecule has 4 N–H and O–H groups in total. The van der Waals surface area contributed by atoms with Crippen LogP contribution in [0.2, 0.25) is 0 Å². The first-order chi connectivity index (χ1) is 8.58. The molecular formula is C14H22N2O2. The summed E-state index contributed by atoms with van der Waals surface area (Å²) in [5.41, 5.74) is 5.89. The van der Waals surface area contributed by atoms with Crippen molar-refractivity contribution < 1.29 is 9.90 Å². The molecule has 0 aliphatic carbocycles. The number of rotatable bonds is 6. The van der Waals surface area contributed by atoms with Gasteiger partial charge in [-0.3, -0.25) is 4.79 Å². The number of nitrogens with two attached hydrogens (primary N) is 1. The van der Waals surface area contributed by atoms with E-state index in [1.165, 1.54) is 0 Å². The molecule has 4 heteroatoms. The highest BCUT2D eigenvalue weighted by atomic mass is 16.3. The molecule has 0 aliphatic heterocycles. The van der Waals surface area contributed by atoms with Crippen LogP contribution in [0.3, 0.4) is 0 Å². The number of amides is 1. The molecule has 0 fully saturated rings. The molecular weight excluding hydrogens is 228 g/mol. The van der Waals surface area contributed by atoms with Gasteiger partial charge in [-0.2, -0.15) is 0 Å². The Morgan fingerprint density at radius 2 is 1.89 bits per heavy atom. The third-order valence-corrected chi connectivity index (χ3v) is 3.50. The zero-order valence-corrected chi connectivity index (χ0v) is 11.0. The van der Waals surface area contributed by atoms with E-state index >= 15 is 0 Å². The number of hydrogen-bond acceptors (Lipinski definition) is 3. The number of hydrogen-bond donors (Lipinski definition) is 3. The van der Waals surface area contributed by atoms with Crippen molar-refractivity contribution in [3.63, 3.8) is 0 Å². The second kappa shape index (κ2) is 6.52. The van der Waals surface area contributed by atoms with Gasteiger partial charge < -0.3 is 16.2 Å². The zero-order valence-electron chi connectivity index (χ0n) is 11.0. The van der Waals surface area contributed by atoms with E-state index in [1.807, 2.05) is 19.9 Å². The summed E-state index contributed by atoms with van der Waals surface area (Å²) in [5, 5.41) is 12.8. The topological polar surface area (TPSA) is 75.3 Å². The van der Waals surface area contributed by atoms with E-state index in [0.29, 0.717) is 12.1 Å². The number of carbonyl (C=O) groups is 1. The van der Waals surface area contributed by atoms with Crippen LogP contribution >= 0.6 is 0 Å². The Morgan fingerprint density at radius 1 is 1.33 bits per heavy atom. The minimum absolute atomic E-state index is 0.368. The number of benzene rings is 1. The second-order valence-corrected chi connectivity index (χ2v) is 4.49. The molecule has 4 nitrogen and oxygen atoms in total. The van der Waals surface area contributed by atoms with E-state index in [1.54, 1.807) is 24.3 Å². The van der Waals surface area contributed by atoms with Gasteiger partial charge in [0.2, 0.25) is 0 Å². The first kappa shape index (κ1) is 14.7. The highest BCUT2D eigenvalue weighted by Gasteiger charge is 2.29. The lowest BCUT2D eigenvalue weighted by atomic mass is 9.92. The molecule has 0 bridgehead atoms. The van der Waals surface area contributed by atoms with Gasteiger partial charge in [0.25, 0.3) is 5.91 Å². The molecule has 0 saturated heterocycles. The van der Waals surface area contributed by atoms with Gasteiger partial charge in [-0.1, -0.05) is 44.2 Å². The quantitative estimate of drug-likeness (QED) is 0.713. The predicted octanol–water partition coefficient (Wildman–Crippen LogP) is 1.35. The second-order valence-electron chi connectivity index (χ2n) is 4.49. The summed E-state index contributed by atoms with van der Waals surface area (Å²) in [6, 6.07) is 8.89. The van der Waals surface area contributed by atoms with E-state index in [-0.39, 0.29) is 0 Å². The van der Waals surface area contributed by atoms with Crippen molar-refractivity contribution in [2.24, 2.45) is 5.73 Å². The van der Waals surface area contributed by atoms with Gasteiger partial charge in [-0.05, 0) is 18.4 Å². The molecule has 18 heavy (non-hydrogen) atoms. The molecule has 1 rings (SSSR count). The fourth-order valence-electron chi connectivity index (χ4n) is 1.88. The summed E-state index contributed by atoms with van der Waals surface area (Å²) in [6.45, 7) is 4.32. The smallest absolute Gasteiger partial charge is 0.253 e. The Hall–Kier alpha value is -1.39. The van der Waals surface area contributed by atoms with Gasteiger partial charge in [0.15, 0.2) is 6.10 Å². The monoisotopic (exact) mass is 250 g/mol. The Morgan fingerprint density at radius 3 is 2.33 bits per heavy atom. The van der Waals surface area contributed by atoms with E-state index < -0.39 is 17.6 Å². The molecule has 0 spiro atoms.